The van der Waals surface area contributed by atoms with E-state index in [4.69, 9.17) is 0 Å². The Balaban J connectivity index is 2.32. The summed E-state index contributed by atoms with van der Waals surface area (Å²) in [5.41, 5.74) is 4.18. The predicted octanol–water partition coefficient (Wildman–Crippen LogP) is 5.89. The standard InChI is InChI=1S/C14H12Br2N2/c15-9-11-5-4-8-14(13(11)10-16)18-17-12-6-2-1-3-7-12/h1-8H,9-10H2. The molecule has 0 aliphatic heterocycles. The maximum absolute atomic E-state index is 4.33. The number of hydrogen-bond acceptors (Lipinski definition) is 2. The van der Waals surface area contributed by atoms with Gasteiger partial charge in [0.15, 0.2) is 0 Å². The zero-order valence-electron chi connectivity index (χ0n) is 9.68. The van der Waals surface area contributed by atoms with E-state index in [-0.39, 0.29) is 0 Å². The van der Waals surface area contributed by atoms with Gasteiger partial charge in [-0.05, 0) is 29.3 Å². The van der Waals surface area contributed by atoms with Gasteiger partial charge in [-0.3, -0.25) is 0 Å². The minimum absolute atomic E-state index is 0.776. The first-order chi connectivity index (χ1) is 8.85. The summed E-state index contributed by atoms with van der Waals surface area (Å²) in [6.45, 7) is 0. The van der Waals surface area contributed by atoms with Crippen LogP contribution in [0.3, 0.4) is 0 Å². The van der Waals surface area contributed by atoms with E-state index in [9.17, 15) is 0 Å². The highest BCUT2D eigenvalue weighted by molar-refractivity contribution is 9.09. The van der Waals surface area contributed by atoms with Crippen LogP contribution in [-0.2, 0) is 10.7 Å². The van der Waals surface area contributed by atoms with Crippen molar-refractivity contribution in [1.29, 1.82) is 0 Å². The third kappa shape index (κ3) is 3.27. The lowest BCUT2D eigenvalue weighted by atomic mass is 10.1. The maximum Gasteiger partial charge on any atom is 0.0900 e. The van der Waals surface area contributed by atoms with Gasteiger partial charge in [0.25, 0.3) is 0 Å². The average molecular weight is 368 g/mol. The molecular weight excluding hydrogens is 356 g/mol. The zero-order valence-corrected chi connectivity index (χ0v) is 12.9. The lowest BCUT2D eigenvalue weighted by Crippen LogP contribution is -1.87. The van der Waals surface area contributed by atoms with E-state index in [2.05, 4.69) is 48.2 Å². The molecule has 2 nitrogen and oxygen atoms in total. The minimum Gasteiger partial charge on any atom is -0.151 e. The number of alkyl halides is 2. The second-order valence-electron chi connectivity index (χ2n) is 3.72. The number of rotatable bonds is 4. The molecule has 0 unspecified atom stereocenters. The molecule has 0 saturated carbocycles. The summed E-state index contributed by atoms with van der Waals surface area (Å²) in [7, 11) is 0. The molecule has 0 N–H and O–H groups in total. The highest BCUT2D eigenvalue weighted by Crippen LogP contribution is 2.28. The molecule has 0 aromatic heterocycles. The fraction of sp³-hybridized carbons (Fsp3) is 0.143. The van der Waals surface area contributed by atoms with Crippen LogP contribution in [0.2, 0.25) is 0 Å². The number of azo groups is 1. The summed E-state index contributed by atoms with van der Waals surface area (Å²) in [5.74, 6) is 0. The van der Waals surface area contributed by atoms with Crippen LogP contribution in [0.25, 0.3) is 0 Å². The van der Waals surface area contributed by atoms with Crippen LogP contribution in [0, 0.1) is 0 Å². The Morgan fingerprint density at radius 3 is 2.22 bits per heavy atom. The van der Waals surface area contributed by atoms with E-state index < -0.39 is 0 Å². The van der Waals surface area contributed by atoms with E-state index in [1.807, 2.05) is 42.5 Å². The van der Waals surface area contributed by atoms with Gasteiger partial charge in [-0.2, -0.15) is 10.2 Å². The molecule has 0 fully saturated rings. The maximum atomic E-state index is 4.33. The second-order valence-corrected chi connectivity index (χ2v) is 4.84. The first-order valence-electron chi connectivity index (χ1n) is 5.54. The Hall–Kier alpha value is -1.00. The van der Waals surface area contributed by atoms with E-state index >= 15 is 0 Å². The van der Waals surface area contributed by atoms with Crippen LogP contribution >= 0.6 is 31.9 Å². The van der Waals surface area contributed by atoms with Gasteiger partial charge in [0, 0.05) is 10.7 Å². The van der Waals surface area contributed by atoms with Crippen molar-refractivity contribution >= 4 is 43.2 Å². The van der Waals surface area contributed by atoms with E-state index in [0.717, 1.165) is 22.0 Å². The molecule has 18 heavy (non-hydrogen) atoms. The van der Waals surface area contributed by atoms with Crippen molar-refractivity contribution in [3.05, 3.63) is 59.7 Å². The molecule has 92 valence electrons. The smallest absolute Gasteiger partial charge is 0.0900 e. The van der Waals surface area contributed by atoms with Gasteiger partial charge >= 0.3 is 0 Å². The fourth-order valence-electron chi connectivity index (χ4n) is 1.60. The van der Waals surface area contributed by atoms with Crippen molar-refractivity contribution in [3.8, 4) is 0 Å². The van der Waals surface area contributed by atoms with Gasteiger partial charge in [0.2, 0.25) is 0 Å². The van der Waals surface area contributed by atoms with Crippen molar-refractivity contribution in [2.45, 2.75) is 10.7 Å². The number of halogens is 2. The largest absolute Gasteiger partial charge is 0.151 e. The van der Waals surface area contributed by atoms with Crippen LogP contribution < -0.4 is 0 Å². The molecule has 0 saturated heterocycles. The van der Waals surface area contributed by atoms with Crippen molar-refractivity contribution in [2.75, 3.05) is 0 Å². The molecule has 0 atom stereocenters. The SMILES string of the molecule is BrCc1cccc(N=Nc2ccccc2)c1CBr. The van der Waals surface area contributed by atoms with Crippen LogP contribution in [0.15, 0.2) is 58.8 Å². The minimum atomic E-state index is 0.776. The molecule has 0 radical (unpaired) electrons. The Morgan fingerprint density at radius 1 is 0.778 bits per heavy atom. The van der Waals surface area contributed by atoms with Gasteiger partial charge in [-0.1, -0.05) is 62.2 Å². The molecular formula is C14H12Br2N2. The Kier molecular flexibility index (Phi) is 5.08. The lowest BCUT2D eigenvalue weighted by Gasteiger charge is -2.06. The van der Waals surface area contributed by atoms with Crippen molar-refractivity contribution in [3.63, 3.8) is 0 Å². The van der Waals surface area contributed by atoms with Crippen molar-refractivity contribution in [1.82, 2.24) is 0 Å². The van der Waals surface area contributed by atoms with Crippen molar-refractivity contribution in [2.24, 2.45) is 10.2 Å². The normalized spacial score (nSPS) is 11.0. The first-order valence-corrected chi connectivity index (χ1v) is 7.79. The third-order valence-electron chi connectivity index (χ3n) is 2.56. The first kappa shape index (κ1) is 13.4. The number of benzene rings is 2. The fourth-order valence-corrected chi connectivity index (χ4v) is 2.77. The summed E-state index contributed by atoms with van der Waals surface area (Å²) < 4.78 is 0. The van der Waals surface area contributed by atoms with Gasteiger partial charge in [0.05, 0.1) is 11.4 Å². The molecule has 2 aromatic carbocycles. The summed E-state index contributed by atoms with van der Waals surface area (Å²) >= 11 is 6.99. The van der Waals surface area contributed by atoms with Crippen LogP contribution in [0.1, 0.15) is 11.1 Å². The van der Waals surface area contributed by atoms with Gasteiger partial charge < -0.3 is 0 Å². The topological polar surface area (TPSA) is 24.7 Å². The van der Waals surface area contributed by atoms with Crippen molar-refractivity contribution < 1.29 is 0 Å². The van der Waals surface area contributed by atoms with Gasteiger partial charge in [-0.25, -0.2) is 0 Å². The summed E-state index contributed by atoms with van der Waals surface area (Å²) in [6, 6.07) is 15.8. The van der Waals surface area contributed by atoms with Crippen LogP contribution in [0.5, 0.6) is 0 Å². The lowest BCUT2D eigenvalue weighted by molar-refractivity contribution is 1.18. The Labute approximate surface area is 123 Å². The zero-order chi connectivity index (χ0) is 12.8. The van der Waals surface area contributed by atoms with Crippen LogP contribution in [0.4, 0.5) is 11.4 Å². The van der Waals surface area contributed by atoms with E-state index in [1.54, 1.807) is 0 Å². The second kappa shape index (κ2) is 6.81. The molecule has 0 spiro atoms. The predicted molar refractivity (Wildman–Crippen MR) is 82.3 cm³/mol. The molecule has 2 rings (SSSR count). The summed E-state index contributed by atoms with van der Waals surface area (Å²) in [4.78, 5) is 0. The van der Waals surface area contributed by atoms with E-state index in [0.29, 0.717) is 0 Å². The number of nitrogens with zero attached hydrogens (tertiary/aromatic N) is 2. The third-order valence-corrected chi connectivity index (χ3v) is 3.72. The van der Waals surface area contributed by atoms with E-state index in [1.165, 1.54) is 11.1 Å². The van der Waals surface area contributed by atoms with Gasteiger partial charge in [-0.15, -0.1) is 0 Å². The summed E-state index contributed by atoms with van der Waals surface area (Å²) in [5, 5.41) is 10.2. The quantitative estimate of drug-likeness (QED) is 0.475. The van der Waals surface area contributed by atoms with Crippen LogP contribution in [-0.4, -0.2) is 0 Å². The molecule has 0 amide bonds. The average Bonchev–Trinajstić information content (AvgIpc) is 2.45. The molecule has 2 aromatic rings. The molecule has 0 aliphatic carbocycles. The summed E-state index contributed by atoms with van der Waals surface area (Å²) in [6.07, 6.45) is 0. The number of hydrogen-bond donors (Lipinski definition) is 0. The molecule has 0 heterocycles. The van der Waals surface area contributed by atoms with Gasteiger partial charge in [0.1, 0.15) is 0 Å². The Morgan fingerprint density at radius 2 is 1.56 bits per heavy atom. The highest BCUT2D eigenvalue weighted by Gasteiger charge is 2.05. The highest BCUT2D eigenvalue weighted by atomic mass is 79.9. The molecule has 0 aliphatic rings. The monoisotopic (exact) mass is 366 g/mol. The molecule has 0 bridgehead atoms. The molecule has 4 heteroatoms. The Bertz CT molecular complexity index is 539.